The number of hydrogen-bond acceptors (Lipinski definition) is 2. The summed E-state index contributed by atoms with van der Waals surface area (Å²) in [7, 11) is 0. The summed E-state index contributed by atoms with van der Waals surface area (Å²) in [5, 5.41) is 0. The third kappa shape index (κ3) is 1.48. The van der Waals surface area contributed by atoms with Gasteiger partial charge in [0, 0.05) is 0 Å². The second-order valence-corrected chi connectivity index (χ2v) is 3.62. The first-order valence-corrected chi connectivity index (χ1v) is 4.76. The van der Waals surface area contributed by atoms with Gasteiger partial charge in [-0.1, -0.05) is 12.1 Å². The number of ketones is 1. The number of Topliss-reactive ketones (excluding diaryl/α,β-unsaturated/α-hetero) is 1. The Morgan fingerprint density at radius 3 is 2.93 bits per heavy atom. The molecule has 0 aliphatic heterocycles. The Morgan fingerprint density at radius 1 is 1.50 bits per heavy atom. The molecule has 3 nitrogen and oxygen atoms in total. The van der Waals surface area contributed by atoms with Crippen LogP contribution in [0.4, 0.5) is 0 Å². The number of rotatable bonds is 2. The molecule has 0 aliphatic carbocycles. The highest BCUT2D eigenvalue weighted by Gasteiger charge is 2.04. The molecule has 4 heteroatoms. The molecule has 0 spiro atoms. The van der Waals surface area contributed by atoms with Crippen LogP contribution < -0.4 is 0 Å². The minimum Gasteiger partial charge on any atom is -0.331 e. The van der Waals surface area contributed by atoms with Gasteiger partial charge in [-0.15, -0.1) is 0 Å². The lowest BCUT2D eigenvalue weighted by molar-refractivity contribution is -0.117. The van der Waals surface area contributed by atoms with Crippen LogP contribution >= 0.6 is 12.2 Å². The number of benzene rings is 1. The van der Waals surface area contributed by atoms with Crippen LogP contribution in [0.3, 0.4) is 0 Å². The van der Waals surface area contributed by atoms with Crippen molar-refractivity contribution < 1.29 is 4.79 Å². The molecular weight excluding hydrogens is 196 g/mol. The molecule has 1 aromatic heterocycles. The van der Waals surface area contributed by atoms with Gasteiger partial charge in [0.15, 0.2) is 4.77 Å². The average molecular weight is 206 g/mol. The number of carbonyl (C=O) groups excluding carboxylic acids is 1. The normalized spacial score (nSPS) is 10.6. The monoisotopic (exact) mass is 206 g/mol. The van der Waals surface area contributed by atoms with Crippen LogP contribution in [0.25, 0.3) is 11.0 Å². The van der Waals surface area contributed by atoms with Crippen molar-refractivity contribution in [2.24, 2.45) is 0 Å². The number of hydrogen-bond donors (Lipinski definition) is 1. The van der Waals surface area contributed by atoms with Crippen molar-refractivity contribution >= 4 is 29.0 Å². The lowest BCUT2D eigenvalue weighted by Crippen LogP contribution is -2.05. The van der Waals surface area contributed by atoms with E-state index in [2.05, 4.69) is 4.98 Å². The molecule has 0 unspecified atom stereocenters. The van der Waals surface area contributed by atoms with Crippen LogP contribution in [0.1, 0.15) is 6.92 Å². The van der Waals surface area contributed by atoms with Crippen LogP contribution in [0.15, 0.2) is 24.3 Å². The highest BCUT2D eigenvalue weighted by Crippen LogP contribution is 2.12. The number of nitrogens with zero attached hydrogens (tertiary/aromatic N) is 1. The second-order valence-electron chi connectivity index (χ2n) is 3.24. The van der Waals surface area contributed by atoms with Gasteiger partial charge in [-0.3, -0.25) is 4.79 Å². The number of carbonyl (C=O) groups is 1. The fourth-order valence-corrected chi connectivity index (χ4v) is 1.76. The maximum absolute atomic E-state index is 11.0. The largest absolute Gasteiger partial charge is 0.331 e. The molecule has 0 saturated heterocycles. The Balaban J connectivity index is 2.68. The molecular formula is C10H10N2OS. The molecule has 0 amide bonds. The van der Waals surface area contributed by atoms with E-state index in [9.17, 15) is 4.79 Å². The Morgan fingerprint density at radius 2 is 2.21 bits per heavy atom. The Bertz CT molecular complexity index is 538. The summed E-state index contributed by atoms with van der Waals surface area (Å²) in [5.41, 5.74) is 1.95. The fourth-order valence-electron chi connectivity index (χ4n) is 1.49. The van der Waals surface area contributed by atoms with E-state index in [1.165, 1.54) is 0 Å². The highest BCUT2D eigenvalue weighted by atomic mass is 32.1. The van der Waals surface area contributed by atoms with Crippen LogP contribution in [-0.4, -0.2) is 15.3 Å². The summed E-state index contributed by atoms with van der Waals surface area (Å²) in [5.74, 6) is 0.103. The summed E-state index contributed by atoms with van der Waals surface area (Å²) in [6.07, 6.45) is 0. The van der Waals surface area contributed by atoms with E-state index in [-0.39, 0.29) is 5.78 Å². The van der Waals surface area contributed by atoms with E-state index in [0.29, 0.717) is 11.3 Å². The average Bonchev–Trinajstić information content (AvgIpc) is 2.43. The minimum atomic E-state index is 0.103. The smallest absolute Gasteiger partial charge is 0.178 e. The summed E-state index contributed by atoms with van der Waals surface area (Å²) in [6.45, 7) is 1.90. The summed E-state index contributed by atoms with van der Waals surface area (Å²) in [6, 6.07) is 7.76. The fraction of sp³-hybridized carbons (Fsp3) is 0.200. The molecule has 2 aromatic rings. The maximum atomic E-state index is 11.0. The van der Waals surface area contributed by atoms with Gasteiger partial charge < -0.3 is 9.55 Å². The van der Waals surface area contributed by atoms with Crippen LogP contribution in [0.2, 0.25) is 0 Å². The first-order chi connectivity index (χ1) is 6.68. The minimum absolute atomic E-state index is 0.103. The lowest BCUT2D eigenvalue weighted by atomic mass is 10.3. The molecule has 0 atom stereocenters. The van der Waals surface area contributed by atoms with Crippen molar-refractivity contribution in [1.29, 1.82) is 0 Å². The molecule has 0 saturated carbocycles. The molecule has 0 radical (unpaired) electrons. The molecule has 0 aliphatic rings. The van der Waals surface area contributed by atoms with Crippen molar-refractivity contribution in [2.75, 3.05) is 0 Å². The van der Waals surface area contributed by atoms with Gasteiger partial charge in [-0.05, 0) is 31.3 Å². The first-order valence-electron chi connectivity index (χ1n) is 4.35. The van der Waals surface area contributed by atoms with E-state index < -0.39 is 0 Å². The van der Waals surface area contributed by atoms with E-state index >= 15 is 0 Å². The van der Waals surface area contributed by atoms with Crippen molar-refractivity contribution in [3.05, 3.63) is 29.0 Å². The summed E-state index contributed by atoms with van der Waals surface area (Å²) >= 11 is 5.13. The van der Waals surface area contributed by atoms with E-state index in [0.717, 1.165) is 11.0 Å². The number of nitrogens with one attached hydrogen (secondary N) is 1. The molecule has 72 valence electrons. The van der Waals surface area contributed by atoms with Gasteiger partial charge in [0.25, 0.3) is 0 Å². The van der Waals surface area contributed by atoms with E-state index in [4.69, 9.17) is 12.2 Å². The van der Waals surface area contributed by atoms with E-state index in [1.807, 2.05) is 28.8 Å². The SMILES string of the molecule is CC(=O)Cn1c(=S)[nH]c2ccccc21. The third-order valence-electron chi connectivity index (χ3n) is 2.06. The van der Waals surface area contributed by atoms with Crippen LogP contribution in [0.5, 0.6) is 0 Å². The maximum Gasteiger partial charge on any atom is 0.178 e. The number of imidazole rings is 1. The molecule has 0 fully saturated rings. The summed E-state index contributed by atoms with van der Waals surface area (Å²) < 4.78 is 2.41. The van der Waals surface area contributed by atoms with E-state index in [1.54, 1.807) is 6.92 Å². The summed E-state index contributed by atoms with van der Waals surface area (Å²) in [4.78, 5) is 14.1. The zero-order valence-corrected chi connectivity index (χ0v) is 8.60. The zero-order valence-electron chi connectivity index (χ0n) is 7.78. The van der Waals surface area contributed by atoms with Gasteiger partial charge in [0.1, 0.15) is 5.78 Å². The number of para-hydroxylation sites is 2. The molecule has 2 rings (SSSR count). The Labute approximate surface area is 86.4 Å². The van der Waals surface area contributed by atoms with Crippen molar-refractivity contribution in [2.45, 2.75) is 13.5 Å². The standard InChI is InChI=1S/C10H10N2OS/c1-7(13)6-12-9-5-3-2-4-8(9)11-10(12)14/h2-5H,6H2,1H3,(H,11,14). The van der Waals surface area contributed by atoms with Gasteiger partial charge >= 0.3 is 0 Å². The Hall–Kier alpha value is -1.42. The third-order valence-corrected chi connectivity index (χ3v) is 2.38. The molecule has 0 bridgehead atoms. The van der Waals surface area contributed by atoms with Gasteiger partial charge in [-0.2, -0.15) is 0 Å². The number of aromatic amines is 1. The van der Waals surface area contributed by atoms with Crippen LogP contribution in [0, 0.1) is 4.77 Å². The number of H-pyrrole nitrogens is 1. The van der Waals surface area contributed by atoms with Crippen molar-refractivity contribution in [3.8, 4) is 0 Å². The van der Waals surface area contributed by atoms with Gasteiger partial charge in [0.2, 0.25) is 0 Å². The van der Waals surface area contributed by atoms with Crippen molar-refractivity contribution in [3.63, 3.8) is 0 Å². The molecule has 1 aromatic carbocycles. The van der Waals surface area contributed by atoms with Crippen LogP contribution in [-0.2, 0) is 11.3 Å². The lowest BCUT2D eigenvalue weighted by Gasteiger charge is -1.99. The topological polar surface area (TPSA) is 37.8 Å². The highest BCUT2D eigenvalue weighted by molar-refractivity contribution is 7.71. The number of fused-ring (bicyclic) bond motifs is 1. The second kappa shape index (κ2) is 3.38. The molecule has 1 heterocycles. The quantitative estimate of drug-likeness (QED) is 0.765. The Kier molecular flexibility index (Phi) is 2.21. The predicted octanol–water partition coefficient (Wildman–Crippen LogP) is 2.29. The predicted molar refractivity (Wildman–Crippen MR) is 57.8 cm³/mol. The zero-order chi connectivity index (χ0) is 10.1. The van der Waals surface area contributed by atoms with Gasteiger partial charge in [-0.25, -0.2) is 0 Å². The first kappa shape index (κ1) is 9.15. The van der Waals surface area contributed by atoms with Crippen molar-refractivity contribution in [1.82, 2.24) is 9.55 Å². The number of aromatic nitrogens is 2. The molecule has 14 heavy (non-hydrogen) atoms. The van der Waals surface area contributed by atoms with Gasteiger partial charge in [0.05, 0.1) is 17.6 Å². The molecule has 1 N–H and O–H groups in total.